The Morgan fingerprint density at radius 1 is 1.33 bits per heavy atom. The first-order valence-electron chi connectivity index (χ1n) is 7.74. The van der Waals surface area contributed by atoms with Gasteiger partial charge in [0.1, 0.15) is 0 Å². The molecule has 1 rings (SSSR count). The van der Waals surface area contributed by atoms with E-state index in [9.17, 15) is 13.2 Å². The van der Waals surface area contributed by atoms with Crippen LogP contribution >= 0.6 is 0 Å². The van der Waals surface area contributed by atoms with Gasteiger partial charge in [0, 0.05) is 26.2 Å². The molecule has 1 heterocycles. The lowest BCUT2D eigenvalue weighted by atomic mass is 9.97. The summed E-state index contributed by atoms with van der Waals surface area (Å²) >= 11 is 0. The summed E-state index contributed by atoms with van der Waals surface area (Å²) in [6.45, 7) is 6.82. The van der Waals surface area contributed by atoms with Crippen molar-refractivity contribution in [3.63, 3.8) is 0 Å². The molecule has 2 unspecified atom stereocenters. The van der Waals surface area contributed by atoms with Crippen LogP contribution in [0, 0.1) is 5.92 Å². The van der Waals surface area contributed by atoms with Gasteiger partial charge < -0.3 is 10.6 Å². The highest BCUT2D eigenvalue weighted by atomic mass is 32.2. The second-order valence-electron chi connectivity index (χ2n) is 5.88. The van der Waals surface area contributed by atoms with E-state index in [4.69, 9.17) is 5.73 Å². The number of hydrogen-bond acceptors (Lipinski definition) is 4. The van der Waals surface area contributed by atoms with Crippen molar-refractivity contribution in [2.24, 2.45) is 11.7 Å². The number of nitrogens with zero attached hydrogens (tertiary/aromatic N) is 2. The third-order valence-corrected chi connectivity index (χ3v) is 6.54. The number of sulfonamides is 1. The highest BCUT2D eigenvalue weighted by molar-refractivity contribution is 7.89. The first-order chi connectivity index (χ1) is 9.74. The maximum Gasteiger partial charge on any atom is 0.239 e. The Morgan fingerprint density at radius 2 is 1.86 bits per heavy atom. The van der Waals surface area contributed by atoms with Crippen LogP contribution in [-0.4, -0.2) is 61.5 Å². The van der Waals surface area contributed by atoms with Gasteiger partial charge in [-0.1, -0.05) is 20.3 Å². The lowest BCUT2D eigenvalue weighted by Crippen LogP contribution is -2.52. The molecule has 1 amide bonds. The van der Waals surface area contributed by atoms with E-state index >= 15 is 0 Å². The van der Waals surface area contributed by atoms with Crippen LogP contribution in [0.25, 0.3) is 0 Å². The van der Waals surface area contributed by atoms with Gasteiger partial charge in [-0.3, -0.25) is 4.79 Å². The van der Waals surface area contributed by atoms with E-state index in [0.717, 1.165) is 6.42 Å². The Labute approximate surface area is 128 Å². The number of rotatable bonds is 6. The molecule has 6 nitrogen and oxygen atoms in total. The monoisotopic (exact) mass is 319 g/mol. The Hall–Kier alpha value is -0.660. The third kappa shape index (κ3) is 4.40. The minimum Gasteiger partial charge on any atom is -0.341 e. The molecule has 7 heteroatoms. The van der Waals surface area contributed by atoms with Crippen LogP contribution in [0.1, 0.15) is 40.0 Å². The second kappa shape index (κ2) is 7.56. The molecule has 21 heavy (non-hydrogen) atoms. The molecule has 2 N–H and O–H groups in total. The number of likely N-dealkylation sites (tertiary alicyclic amines) is 1. The van der Waals surface area contributed by atoms with Crippen molar-refractivity contribution in [2.45, 2.75) is 52.1 Å². The molecule has 1 fully saturated rings. The second-order valence-corrected chi connectivity index (χ2v) is 8.20. The zero-order valence-electron chi connectivity index (χ0n) is 13.6. The van der Waals surface area contributed by atoms with Gasteiger partial charge in [-0.15, -0.1) is 0 Å². The van der Waals surface area contributed by atoms with Gasteiger partial charge >= 0.3 is 0 Å². The van der Waals surface area contributed by atoms with Crippen molar-refractivity contribution in [3.8, 4) is 0 Å². The van der Waals surface area contributed by atoms with Crippen molar-refractivity contribution in [1.82, 2.24) is 9.21 Å². The summed E-state index contributed by atoms with van der Waals surface area (Å²) in [5.74, 6) is 0.267. The molecule has 0 aromatic rings. The quantitative estimate of drug-likeness (QED) is 0.778. The molecule has 1 aliphatic heterocycles. The fraction of sp³-hybridized carbons (Fsp3) is 0.929. The number of carbonyl (C=O) groups is 1. The molecule has 1 saturated heterocycles. The summed E-state index contributed by atoms with van der Waals surface area (Å²) < 4.78 is 25.2. The number of piperidine rings is 1. The standard InChI is InChI=1S/C14H29N3O3S/c1-5-11(3)13(15)14(18)17-9-7-12(8-10-17)16(4)21(19,20)6-2/h11-13H,5-10,15H2,1-4H3. The van der Waals surface area contributed by atoms with Gasteiger partial charge in [0.2, 0.25) is 15.9 Å². The number of nitrogens with two attached hydrogens (primary N) is 1. The van der Waals surface area contributed by atoms with E-state index in [1.165, 1.54) is 4.31 Å². The molecule has 0 aromatic carbocycles. The maximum atomic E-state index is 12.3. The fourth-order valence-corrected chi connectivity index (χ4v) is 3.66. The summed E-state index contributed by atoms with van der Waals surface area (Å²) in [7, 11) is -1.53. The van der Waals surface area contributed by atoms with Crippen molar-refractivity contribution < 1.29 is 13.2 Å². The number of amides is 1. The Kier molecular flexibility index (Phi) is 6.62. The van der Waals surface area contributed by atoms with Crippen molar-refractivity contribution >= 4 is 15.9 Å². The minimum atomic E-state index is -3.16. The molecular weight excluding hydrogens is 290 g/mol. The van der Waals surface area contributed by atoms with Gasteiger partial charge in [0.25, 0.3) is 0 Å². The minimum absolute atomic E-state index is 0.0104. The molecule has 0 aromatic heterocycles. The van der Waals surface area contributed by atoms with E-state index in [0.29, 0.717) is 25.9 Å². The summed E-state index contributed by atoms with van der Waals surface area (Å²) in [4.78, 5) is 14.1. The molecule has 0 aliphatic carbocycles. The molecule has 0 bridgehead atoms. The van der Waals surface area contributed by atoms with Gasteiger partial charge in [-0.2, -0.15) is 0 Å². The zero-order valence-corrected chi connectivity index (χ0v) is 14.4. The van der Waals surface area contributed by atoms with Crippen LogP contribution in [0.15, 0.2) is 0 Å². The van der Waals surface area contributed by atoms with Crippen molar-refractivity contribution in [1.29, 1.82) is 0 Å². The normalized spacial score (nSPS) is 20.6. The van der Waals surface area contributed by atoms with Crippen LogP contribution in [-0.2, 0) is 14.8 Å². The summed E-state index contributed by atoms with van der Waals surface area (Å²) in [6.07, 6.45) is 2.23. The smallest absolute Gasteiger partial charge is 0.239 e. The maximum absolute atomic E-state index is 12.3. The lowest BCUT2D eigenvalue weighted by Gasteiger charge is -2.37. The largest absolute Gasteiger partial charge is 0.341 e. The Balaban J connectivity index is 2.58. The van der Waals surface area contributed by atoms with E-state index in [1.54, 1.807) is 18.9 Å². The Morgan fingerprint density at radius 3 is 2.29 bits per heavy atom. The first kappa shape index (κ1) is 18.4. The number of hydrogen-bond donors (Lipinski definition) is 1. The van der Waals surface area contributed by atoms with E-state index in [2.05, 4.69) is 0 Å². The van der Waals surface area contributed by atoms with E-state index in [1.807, 2.05) is 13.8 Å². The predicted molar refractivity (Wildman–Crippen MR) is 84.3 cm³/mol. The van der Waals surface area contributed by atoms with Gasteiger partial charge in [0.15, 0.2) is 0 Å². The summed E-state index contributed by atoms with van der Waals surface area (Å²) in [5.41, 5.74) is 5.99. The van der Waals surface area contributed by atoms with Crippen molar-refractivity contribution in [2.75, 3.05) is 25.9 Å². The van der Waals surface area contributed by atoms with E-state index < -0.39 is 16.1 Å². The predicted octanol–water partition coefficient (Wildman–Crippen LogP) is 0.632. The van der Waals surface area contributed by atoms with Crippen LogP contribution in [0.5, 0.6) is 0 Å². The lowest BCUT2D eigenvalue weighted by molar-refractivity contribution is -0.135. The average molecular weight is 319 g/mol. The summed E-state index contributed by atoms with van der Waals surface area (Å²) in [5, 5.41) is 0. The summed E-state index contributed by atoms with van der Waals surface area (Å²) in [6, 6.07) is -0.470. The first-order valence-corrected chi connectivity index (χ1v) is 9.35. The van der Waals surface area contributed by atoms with Crippen LogP contribution in [0.4, 0.5) is 0 Å². The number of carbonyl (C=O) groups excluding carboxylic acids is 1. The average Bonchev–Trinajstić information content (AvgIpc) is 2.51. The fourth-order valence-electron chi connectivity index (χ4n) is 2.59. The van der Waals surface area contributed by atoms with Crippen molar-refractivity contribution in [3.05, 3.63) is 0 Å². The molecule has 124 valence electrons. The van der Waals surface area contributed by atoms with Crippen LogP contribution in [0.2, 0.25) is 0 Å². The van der Waals surface area contributed by atoms with Crippen LogP contribution in [0.3, 0.4) is 0 Å². The Bertz CT molecular complexity index is 444. The van der Waals surface area contributed by atoms with Gasteiger partial charge in [-0.25, -0.2) is 12.7 Å². The van der Waals surface area contributed by atoms with E-state index in [-0.39, 0.29) is 23.6 Å². The highest BCUT2D eigenvalue weighted by Crippen LogP contribution is 2.20. The highest BCUT2D eigenvalue weighted by Gasteiger charge is 2.32. The molecule has 2 atom stereocenters. The molecule has 0 spiro atoms. The molecule has 1 aliphatic rings. The zero-order chi connectivity index (χ0) is 16.2. The van der Waals surface area contributed by atoms with Gasteiger partial charge in [-0.05, 0) is 25.7 Å². The SMILES string of the molecule is CCC(C)C(N)C(=O)N1CCC(N(C)S(=O)(=O)CC)CC1. The van der Waals surface area contributed by atoms with Gasteiger partial charge in [0.05, 0.1) is 11.8 Å². The molecular formula is C14H29N3O3S. The molecule has 0 saturated carbocycles. The molecule has 0 radical (unpaired) electrons. The topological polar surface area (TPSA) is 83.7 Å². The third-order valence-electron chi connectivity index (χ3n) is 4.64. The van der Waals surface area contributed by atoms with Crippen LogP contribution < -0.4 is 5.73 Å².